The number of nitrogens with one attached hydrogen (secondary N) is 1. The molecule has 3 nitrogen and oxygen atoms in total. The standard InChI is InChI=1S/C25H26N2O/c1-19-6-2-5-9-24(19)25(28)26-16-14-20-10-12-23(13-11-20)27-17-15-21-7-3-4-8-22(21)18-27/h2-13H,14-18H2,1H3,(H,26,28). The molecule has 3 aromatic rings. The largest absolute Gasteiger partial charge is 0.367 e. The van der Waals surface area contributed by atoms with Crippen LogP contribution in [0.5, 0.6) is 0 Å². The molecule has 0 unspecified atom stereocenters. The number of benzene rings is 3. The number of carbonyl (C=O) groups is 1. The van der Waals surface area contributed by atoms with Gasteiger partial charge >= 0.3 is 0 Å². The summed E-state index contributed by atoms with van der Waals surface area (Å²) in [5, 5.41) is 3.03. The minimum Gasteiger partial charge on any atom is -0.367 e. The smallest absolute Gasteiger partial charge is 0.251 e. The zero-order valence-corrected chi connectivity index (χ0v) is 16.3. The van der Waals surface area contributed by atoms with Gasteiger partial charge in [-0.3, -0.25) is 4.79 Å². The predicted octanol–water partition coefficient (Wildman–Crippen LogP) is 4.53. The normalized spacial score (nSPS) is 13.1. The van der Waals surface area contributed by atoms with E-state index in [1.807, 2.05) is 31.2 Å². The molecule has 4 rings (SSSR count). The summed E-state index contributed by atoms with van der Waals surface area (Å²) in [5.41, 5.74) is 7.17. The summed E-state index contributed by atoms with van der Waals surface area (Å²) in [4.78, 5) is 14.7. The lowest BCUT2D eigenvalue weighted by molar-refractivity contribution is 0.0953. The second kappa shape index (κ2) is 8.30. The lowest BCUT2D eigenvalue weighted by atomic mass is 9.99. The number of hydrogen-bond acceptors (Lipinski definition) is 2. The summed E-state index contributed by atoms with van der Waals surface area (Å²) < 4.78 is 0. The van der Waals surface area contributed by atoms with Crippen LogP contribution in [-0.4, -0.2) is 19.0 Å². The van der Waals surface area contributed by atoms with Crippen molar-refractivity contribution in [1.29, 1.82) is 0 Å². The van der Waals surface area contributed by atoms with E-state index in [-0.39, 0.29) is 5.91 Å². The van der Waals surface area contributed by atoms with Gasteiger partial charge in [-0.2, -0.15) is 0 Å². The van der Waals surface area contributed by atoms with E-state index in [2.05, 4.69) is 58.7 Å². The van der Waals surface area contributed by atoms with Gasteiger partial charge < -0.3 is 10.2 Å². The molecule has 0 atom stereocenters. The van der Waals surface area contributed by atoms with Crippen LogP contribution in [0.1, 0.15) is 32.6 Å². The number of anilines is 1. The first-order valence-corrected chi connectivity index (χ1v) is 9.95. The lowest BCUT2D eigenvalue weighted by Gasteiger charge is -2.30. The van der Waals surface area contributed by atoms with Crippen molar-refractivity contribution in [3.05, 3.63) is 101 Å². The van der Waals surface area contributed by atoms with Gasteiger partial charge in [-0.1, -0.05) is 54.6 Å². The van der Waals surface area contributed by atoms with Crippen LogP contribution < -0.4 is 10.2 Å². The monoisotopic (exact) mass is 370 g/mol. The fourth-order valence-corrected chi connectivity index (χ4v) is 3.83. The fourth-order valence-electron chi connectivity index (χ4n) is 3.83. The van der Waals surface area contributed by atoms with E-state index in [1.165, 1.54) is 22.4 Å². The highest BCUT2D eigenvalue weighted by Crippen LogP contribution is 2.24. The Kier molecular flexibility index (Phi) is 5.43. The number of fused-ring (bicyclic) bond motifs is 1. The first kappa shape index (κ1) is 18.3. The summed E-state index contributed by atoms with van der Waals surface area (Å²) in [6, 6.07) is 25.2. The number of amides is 1. The van der Waals surface area contributed by atoms with Crippen LogP contribution in [0, 0.1) is 6.92 Å². The van der Waals surface area contributed by atoms with Crippen LogP contribution >= 0.6 is 0 Å². The maximum Gasteiger partial charge on any atom is 0.251 e. The molecule has 3 heteroatoms. The lowest BCUT2D eigenvalue weighted by Crippen LogP contribution is -2.30. The Hall–Kier alpha value is -3.07. The predicted molar refractivity (Wildman–Crippen MR) is 115 cm³/mol. The quantitative estimate of drug-likeness (QED) is 0.716. The minimum absolute atomic E-state index is 0.00158. The Balaban J connectivity index is 1.32. The van der Waals surface area contributed by atoms with E-state index in [4.69, 9.17) is 0 Å². The molecule has 0 saturated carbocycles. The van der Waals surface area contributed by atoms with Gasteiger partial charge in [-0.05, 0) is 60.2 Å². The number of nitrogens with zero attached hydrogens (tertiary/aromatic N) is 1. The third-order valence-electron chi connectivity index (χ3n) is 5.52. The van der Waals surface area contributed by atoms with Crippen LogP contribution in [0.2, 0.25) is 0 Å². The molecular weight excluding hydrogens is 344 g/mol. The second-order valence-corrected chi connectivity index (χ2v) is 7.43. The molecule has 1 heterocycles. The first-order chi connectivity index (χ1) is 13.7. The zero-order chi connectivity index (χ0) is 19.3. The Morgan fingerprint density at radius 2 is 1.64 bits per heavy atom. The van der Waals surface area contributed by atoms with Gasteiger partial charge in [0.15, 0.2) is 0 Å². The summed E-state index contributed by atoms with van der Waals surface area (Å²) >= 11 is 0. The molecule has 0 radical (unpaired) electrons. The minimum atomic E-state index is 0.00158. The topological polar surface area (TPSA) is 32.3 Å². The summed E-state index contributed by atoms with van der Waals surface area (Å²) in [6.45, 7) is 4.64. The molecule has 0 spiro atoms. The molecule has 0 aromatic heterocycles. The van der Waals surface area contributed by atoms with Crippen LogP contribution in [0.4, 0.5) is 5.69 Å². The molecule has 1 amide bonds. The Morgan fingerprint density at radius 1 is 0.929 bits per heavy atom. The van der Waals surface area contributed by atoms with E-state index in [9.17, 15) is 4.79 Å². The van der Waals surface area contributed by atoms with E-state index in [0.717, 1.165) is 37.1 Å². The van der Waals surface area contributed by atoms with Crippen molar-refractivity contribution in [3.8, 4) is 0 Å². The summed E-state index contributed by atoms with van der Waals surface area (Å²) in [5.74, 6) is 0.00158. The molecule has 0 saturated heterocycles. The third-order valence-corrected chi connectivity index (χ3v) is 5.52. The zero-order valence-electron chi connectivity index (χ0n) is 16.3. The first-order valence-electron chi connectivity index (χ1n) is 9.95. The highest BCUT2D eigenvalue weighted by molar-refractivity contribution is 5.95. The van der Waals surface area contributed by atoms with E-state index in [1.54, 1.807) is 0 Å². The average molecular weight is 370 g/mol. The SMILES string of the molecule is Cc1ccccc1C(=O)NCCc1ccc(N2CCc3ccccc3C2)cc1. The van der Waals surface area contributed by atoms with Crippen molar-refractivity contribution in [2.24, 2.45) is 0 Å². The third kappa shape index (κ3) is 4.09. The van der Waals surface area contributed by atoms with Crippen molar-refractivity contribution < 1.29 is 4.79 Å². The Labute approximate surface area is 167 Å². The van der Waals surface area contributed by atoms with Gasteiger partial charge in [-0.15, -0.1) is 0 Å². The van der Waals surface area contributed by atoms with Gasteiger partial charge in [0, 0.05) is 30.9 Å². The van der Waals surface area contributed by atoms with Crippen LogP contribution in [0.25, 0.3) is 0 Å². The van der Waals surface area contributed by atoms with Gasteiger partial charge in [0.05, 0.1) is 0 Å². The van der Waals surface area contributed by atoms with Gasteiger partial charge in [0.2, 0.25) is 0 Å². The van der Waals surface area contributed by atoms with Crippen molar-refractivity contribution in [2.75, 3.05) is 18.0 Å². The van der Waals surface area contributed by atoms with Crippen molar-refractivity contribution in [1.82, 2.24) is 5.32 Å². The molecular formula is C25H26N2O. The van der Waals surface area contributed by atoms with Crippen molar-refractivity contribution in [3.63, 3.8) is 0 Å². The molecule has 0 aliphatic carbocycles. The summed E-state index contributed by atoms with van der Waals surface area (Å²) in [6.07, 6.45) is 1.93. The Bertz CT molecular complexity index is 962. The number of rotatable bonds is 5. The highest BCUT2D eigenvalue weighted by atomic mass is 16.1. The van der Waals surface area contributed by atoms with Crippen LogP contribution in [-0.2, 0) is 19.4 Å². The van der Waals surface area contributed by atoms with Crippen molar-refractivity contribution >= 4 is 11.6 Å². The van der Waals surface area contributed by atoms with Gasteiger partial charge in [-0.25, -0.2) is 0 Å². The maximum absolute atomic E-state index is 12.3. The summed E-state index contributed by atoms with van der Waals surface area (Å²) in [7, 11) is 0. The molecule has 0 fully saturated rings. The number of hydrogen-bond donors (Lipinski definition) is 1. The average Bonchev–Trinajstić information content (AvgIpc) is 2.74. The van der Waals surface area contributed by atoms with E-state index < -0.39 is 0 Å². The number of carbonyl (C=O) groups excluding carboxylic acids is 1. The second-order valence-electron chi connectivity index (χ2n) is 7.43. The Morgan fingerprint density at radius 3 is 2.43 bits per heavy atom. The van der Waals surface area contributed by atoms with Gasteiger partial charge in [0.25, 0.3) is 5.91 Å². The van der Waals surface area contributed by atoms with Crippen LogP contribution in [0.15, 0.2) is 72.8 Å². The van der Waals surface area contributed by atoms with E-state index in [0.29, 0.717) is 6.54 Å². The highest BCUT2D eigenvalue weighted by Gasteiger charge is 2.15. The molecule has 1 aliphatic rings. The molecule has 0 bridgehead atoms. The maximum atomic E-state index is 12.3. The van der Waals surface area contributed by atoms with Crippen LogP contribution in [0.3, 0.4) is 0 Å². The van der Waals surface area contributed by atoms with Gasteiger partial charge in [0.1, 0.15) is 0 Å². The fraction of sp³-hybridized carbons (Fsp3) is 0.240. The molecule has 3 aromatic carbocycles. The van der Waals surface area contributed by atoms with Crippen molar-refractivity contribution in [2.45, 2.75) is 26.3 Å². The molecule has 1 aliphatic heterocycles. The molecule has 28 heavy (non-hydrogen) atoms. The number of aryl methyl sites for hydroxylation is 1. The van der Waals surface area contributed by atoms with E-state index >= 15 is 0 Å². The molecule has 142 valence electrons. The molecule has 1 N–H and O–H groups in total.